The summed E-state index contributed by atoms with van der Waals surface area (Å²) in [6.07, 6.45) is -3.39. The Kier molecular flexibility index (Phi) is 5.34. The minimum absolute atomic E-state index is 0.154. The van der Waals surface area contributed by atoms with Crippen molar-refractivity contribution >= 4 is 6.03 Å². The van der Waals surface area contributed by atoms with Gasteiger partial charge in [-0.25, -0.2) is 4.79 Å². The zero-order valence-electron chi connectivity index (χ0n) is 13.8. The molecule has 1 aromatic carbocycles. The lowest BCUT2D eigenvalue weighted by Gasteiger charge is -2.07. The first-order valence-corrected chi connectivity index (χ1v) is 7.83. The molecule has 140 valence electrons. The van der Waals surface area contributed by atoms with Crippen LogP contribution in [0.4, 0.5) is 18.0 Å². The van der Waals surface area contributed by atoms with E-state index < -0.39 is 12.1 Å². The highest BCUT2D eigenvalue weighted by atomic mass is 19.4. The number of rotatable bonds is 5. The van der Waals surface area contributed by atoms with E-state index >= 15 is 0 Å². The van der Waals surface area contributed by atoms with Crippen molar-refractivity contribution in [3.8, 4) is 11.4 Å². The molecule has 0 saturated carbocycles. The molecule has 3 aromatic rings. The number of alkyl halides is 3. The fraction of sp³-hybridized carbons (Fsp3) is 0.176. The molecule has 0 aliphatic rings. The number of halogens is 3. The van der Waals surface area contributed by atoms with Crippen LogP contribution in [-0.4, -0.2) is 21.2 Å². The second-order valence-corrected chi connectivity index (χ2v) is 5.48. The number of urea groups is 1. The van der Waals surface area contributed by atoms with E-state index in [0.29, 0.717) is 12.2 Å². The molecule has 3 rings (SSSR count). The van der Waals surface area contributed by atoms with E-state index in [1.54, 1.807) is 6.07 Å². The summed E-state index contributed by atoms with van der Waals surface area (Å²) in [5.41, 5.74) is 1.76. The first kappa shape index (κ1) is 18.4. The number of hydrogen-bond donors (Lipinski definition) is 2. The summed E-state index contributed by atoms with van der Waals surface area (Å²) < 4.78 is 41.6. The van der Waals surface area contributed by atoms with Crippen molar-refractivity contribution in [2.45, 2.75) is 19.3 Å². The maximum absolute atomic E-state index is 12.5. The second kappa shape index (κ2) is 7.85. The Bertz CT molecular complexity index is 895. The number of benzene rings is 1. The summed E-state index contributed by atoms with van der Waals surface area (Å²) in [5, 5.41) is 8.63. The van der Waals surface area contributed by atoms with Crippen molar-refractivity contribution in [1.82, 2.24) is 25.8 Å². The number of nitrogens with zero attached hydrogens (tertiary/aromatic N) is 3. The number of aromatic nitrogens is 3. The monoisotopic (exact) mass is 377 g/mol. The number of carbonyl (C=O) groups excluding carboxylic acids is 1. The molecule has 7 nitrogen and oxygen atoms in total. The molecule has 2 heterocycles. The minimum Gasteiger partial charge on any atom is -0.334 e. The first-order valence-electron chi connectivity index (χ1n) is 7.83. The molecule has 0 radical (unpaired) electrons. The van der Waals surface area contributed by atoms with E-state index in [2.05, 4.69) is 30.3 Å². The molecule has 10 heteroatoms. The van der Waals surface area contributed by atoms with E-state index in [9.17, 15) is 18.0 Å². The Morgan fingerprint density at radius 2 is 1.78 bits per heavy atom. The second-order valence-electron chi connectivity index (χ2n) is 5.48. The predicted octanol–water partition coefficient (Wildman–Crippen LogP) is 3.15. The molecule has 0 bridgehead atoms. The zero-order valence-corrected chi connectivity index (χ0v) is 13.8. The van der Waals surface area contributed by atoms with Crippen molar-refractivity contribution in [2.24, 2.45) is 0 Å². The topological polar surface area (TPSA) is 92.9 Å². The number of pyridine rings is 1. The summed E-state index contributed by atoms with van der Waals surface area (Å²) in [7, 11) is 0. The van der Waals surface area contributed by atoms with E-state index in [0.717, 1.165) is 5.56 Å². The molecule has 0 atom stereocenters. The molecule has 0 unspecified atom stereocenters. The van der Waals surface area contributed by atoms with Gasteiger partial charge < -0.3 is 15.2 Å². The van der Waals surface area contributed by atoms with Crippen LogP contribution in [0.5, 0.6) is 0 Å². The molecule has 27 heavy (non-hydrogen) atoms. The van der Waals surface area contributed by atoms with Crippen molar-refractivity contribution in [3.05, 3.63) is 65.8 Å². The van der Waals surface area contributed by atoms with Gasteiger partial charge in [0.1, 0.15) is 0 Å². The molecule has 0 saturated heterocycles. The average molecular weight is 377 g/mol. The van der Waals surface area contributed by atoms with E-state index in [1.165, 1.54) is 12.3 Å². The van der Waals surface area contributed by atoms with Gasteiger partial charge in [0.25, 0.3) is 0 Å². The summed E-state index contributed by atoms with van der Waals surface area (Å²) in [6, 6.07) is 12.1. The highest BCUT2D eigenvalue weighted by Crippen LogP contribution is 2.29. The summed E-state index contributed by atoms with van der Waals surface area (Å²) in [5.74, 6) is -1.63. The van der Waals surface area contributed by atoms with Gasteiger partial charge in [-0.15, -0.1) is 0 Å². The lowest BCUT2D eigenvalue weighted by Crippen LogP contribution is -2.34. The minimum atomic E-state index is -4.70. The molecule has 2 N–H and O–H groups in total. The van der Waals surface area contributed by atoms with Gasteiger partial charge in [0.15, 0.2) is 0 Å². The maximum atomic E-state index is 12.5. The van der Waals surface area contributed by atoms with Crippen LogP contribution in [0.25, 0.3) is 11.4 Å². The third kappa shape index (κ3) is 5.03. The summed E-state index contributed by atoms with van der Waals surface area (Å²) in [6.45, 7) is 0.541. The van der Waals surface area contributed by atoms with Gasteiger partial charge in [0.2, 0.25) is 5.82 Å². The number of nitrogens with one attached hydrogen (secondary N) is 2. The Morgan fingerprint density at radius 3 is 2.41 bits per heavy atom. The van der Waals surface area contributed by atoms with Crippen molar-refractivity contribution in [1.29, 1.82) is 0 Å². The Morgan fingerprint density at radius 1 is 1.04 bits per heavy atom. The van der Waals surface area contributed by atoms with Gasteiger partial charge in [-0.1, -0.05) is 35.5 Å². The fourth-order valence-electron chi connectivity index (χ4n) is 2.13. The molecule has 0 spiro atoms. The highest BCUT2D eigenvalue weighted by Gasteiger charge is 2.38. The maximum Gasteiger partial charge on any atom is 0.471 e. The normalized spacial score (nSPS) is 11.2. The SMILES string of the molecule is O=C(NCc1ccccc1)NCc1ccc(-c2noc(C(F)(F)F)n2)cn1. The Balaban J connectivity index is 1.52. The molecule has 0 aliphatic carbocycles. The van der Waals surface area contributed by atoms with Crippen LogP contribution in [0.2, 0.25) is 0 Å². The predicted molar refractivity (Wildman–Crippen MR) is 88.0 cm³/mol. The number of hydrogen-bond acceptors (Lipinski definition) is 5. The lowest BCUT2D eigenvalue weighted by molar-refractivity contribution is -0.159. The van der Waals surface area contributed by atoms with E-state index in [1.807, 2.05) is 30.3 Å². The van der Waals surface area contributed by atoms with Crippen molar-refractivity contribution < 1.29 is 22.5 Å². The largest absolute Gasteiger partial charge is 0.471 e. The Labute approximate surface area is 151 Å². The lowest BCUT2D eigenvalue weighted by atomic mass is 10.2. The van der Waals surface area contributed by atoms with Crippen LogP contribution in [0.15, 0.2) is 53.2 Å². The molecule has 0 fully saturated rings. The molecular formula is C17H14F3N5O2. The number of carbonyl (C=O) groups is 1. The van der Waals surface area contributed by atoms with Gasteiger partial charge in [0.05, 0.1) is 12.2 Å². The van der Waals surface area contributed by atoms with Gasteiger partial charge in [-0.2, -0.15) is 18.2 Å². The van der Waals surface area contributed by atoms with Crippen LogP contribution in [0.3, 0.4) is 0 Å². The van der Waals surface area contributed by atoms with Crippen LogP contribution in [0.1, 0.15) is 17.1 Å². The van der Waals surface area contributed by atoms with Crippen LogP contribution in [-0.2, 0) is 19.3 Å². The average Bonchev–Trinajstić information content (AvgIpc) is 3.17. The van der Waals surface area contributed by atoms with Gasteiger partial charge >= 0.3 is 18.1 Å². The molecule has 0 aliphatic heterocycles. The van der Waals surface area contributed by atoms with Crippen LogP contribution < -0.4 is 10.6 Å². The van der Waals surface area contributed by atoms with E-state index in [4.69, 9.17) is 0 Å². The van der Waals surface area contributed by atoms with Crippen molar-refractivity contribution in [2.75, 3.05) is 0 Å². The Hall–Kier alpha value is -3.43. The van der Waals surface area contributed by atoms with Gasteiger partial charge in [-0.05, 0) is 17.7 Å². The standard InChI is InChI=1S/C17H14F3N5O2/c18-17(19,20)15-24-14(25-27-15)12-6-7-13(21-9-12)10-23-16(26)22-8-11-4-2-1-3-5-11/h1-7,9H,8,10H2,(H2,22,23,26). The zero-order chi connectivity index (χ0) is 19.3. The van der Waals surface area contributed by atoms with Crippen molar-refractivity contribution in [3.63, 3.8) is 0 Å². The van der Waals surface area contributed by atoms with Crippen LogP contribution >= 0.6 is 0 Å². The van der Waals surface area contributed by atoms with E-state index in [-0.39, 0.29) is 24.0 Å². The third-order valence-electron chi connectivity index (χ3n) is 3.48. The molecular weight excluding hydrogens is 363 g/mol. The smallest absolute Gasteiger partial charge is 0.334 e. The number of amides is 2. The summed E-state index contributed by atoms with van der Waals surface area (Å²) >= 11 is 0. The van der Waals surface area contributed by atoms with Gasteiger partial charge in [-0.3, -0.25) is 4.98 Å². The van der Waals surface area contributed by atoms with Crippen LogP contribution in [0, 0.1) is 0 Å². The summed E-state index contributed by atoms with van der Waals surface area (Å²) in [4.78, 5) is 19.1. The molecule has 2 amide bonds. The fourth-order valence-corrected chi connectivity index (χ4v) is 2.13. The first-order chi connectivity index (χ1) is 12.9. The molecule has 2 aromatic heterocycles. The highest BCUT2D eigenvalue weighted by molar-refractivity contribution is 5.73. The third-order valence-corrected chi connectivity index (χ3v) is 3.48. The van der Waals surface area contributed by atoms with Gasteiger partial charge in [0, 0.05) is 18.3 Å². The quantitative estimate of drug-likeness (QED) is 0.713.